The summed E-state index contributed by atoms with van der Waals surface area (Å²) < 4.78 is 5.32. The predicted octanol–water partition coefficient (Wildman–Crippen LogP) is 2.11. The summed E-state index contributed by atoms with van der Waals surface area (Å²) >= 11 is 0. The number of carboxylic acid groups (broad SMARTS) is 1. The molecule has 0 amide bonds. The van der Waals surface area contributed by atoms with Gasteiger partial charge < -0.3 is 20.9 Å². The fourth-order valence-corrected chi connectivity index (χ4v) is 2.29. The Kier molecular flexibility index (Phi) is 4.27. The van der Waals surface area contributed by atoms with Crippen LogP contribution in [0, 0.1) is 12.8 Å². The number of hydrogen-bond donors (Lipinski definition) is 3. The van der Waals surface area contributed by atoms with Crippen molar-refractivity contribution in [1.29, 1.82) is 0 Å². The number of carboxylic acids is 1. The van der Waals surface area contributed by atoms with Gasteiger partial charge >= 0.3 is 5.97 Å². The van der Waals surface area contributed by atoms with E-state index < -0.39 is 5.97 Å². The molecule has 104 valence electrons. The van der Waals surface area contributed by atoms with Crippen molar-refractivity contribution in [2.75, 3.05) is 30.8 Å². The van der Waals surface area contributed by atoms with E-state index in [0.29, 0.717) is 11.6 Å². The molecule has 1 aromatic carbocycles. The van der Waals surface area contributed by atoms with Crippen molar-refractivity contribution in [1.82, 2.24) is 0 Å². The van der Waals surface area contributed by atoms with Gasteiger partial charge in [0.1, 0.15) is 0 Å². The average Bonchev–Trinajstić information content (AvgIpc) is 2.41. The molecule has 2 rings (SSSR count). The number of nitrogens with one attached hydrogen (secondary N) is 1. The molecule has 0 aromatic heterocycles. The zero-order chi connectivity index (χ0) is 13.8. The maximum Gasteiger partial charge on any atom is 0.337 e. The normalized spacial score (nSPS) is 16.3. The number of aryl methyl sites for hydroxylation is 1. The molecule has 1 aliphatic heterocycles. The fraction of sp³-hybridized carbons (Fsp3) is 0.500. The van der Waals surface area contributed by atoms with Gasteiger partial charge in [-0.3, -0.25) is 0 Å². The Morgan fingerprint density at radius 3 is 2.79 bits per heavy atom. The van der Waals surface area contributed by atoms with E-state index in [9.17, 15) is 4.79 Å². The Hall–Kier alpha value is -1.75. The molecule has 1 aromatic rings. The number of nitrogens with two attached hydrogens (primary N) is 1. The second-order valence-corrected chi connectivity index (χ2v) is 5.00. The van der Waals surface area contributed by atoms with E-state index in [1.165, 1.54) is 0 Å². The summed E-state index contributed by atoms with van der Waals surface area (Å²) in [7, 11) is 0. The second-order valence-electron chi connectivity index (χ2n) is 5.00. The van der Waals surface area contributed by atoms with Crippen LogP contribution in [0.2, 0.25) is 0 Å². The SMILES string of the molecule is Cc1cc(NCC2CCOCC2)cc(C(=O)O)c1N. The Morgan fingerprint density at radius 1 is 1.47 bits per heavy atom. The molecule has 4 N–H and O–H groups in total. The lowest BCUT2D eigenvalue weighted by molar-refractivity contribution is 0.0697. The molecule has 0 aliphatic carbocycles. The van der Waals surface area contributed by atoms with Crippen LogP contribution in [0.5, 0.6) is 0 Å². The third kappa shape index (κ3) is 3.38. The summed E-state index contributed by atoms with van der Waals surface area (Å²) in [4.78, 5) is 11.1. The Labute approximate surface area is 112 Å². The highest BCUT2D eigenvalue weighted by Gasteiger charge is 2.15. The largest absolute Gasteiger partial charge is 0.478 e. The number of ether oxygens (including phenoxy) is 1. The number of benzene rings is 1. The maximum absolute atomic E-state index is 11.1. The van der Waals surface area contributed by atoms with Gasteiger partial charge in [0.05, 0.1) is 5.56 Å². The maximum atomic E-state index is 11.1. The van der Waals surface area contributed by atoms with Crippen LogP contribution in [-0.2, 0) is 4.74 Å². The molecule has 0 spiro atoms. The van der Waals surface area contributed by atoms with Gasteiger partial charge in [-0.15, -0.1) is 0 Å². The lowest BCUT2D eigenvalue weighted by atomic mass is 10.00. The topological polar surface area (TPSA) is 84.6 Å². The molecule has 19 heavy (non-hydrogen) atoms. The van der Waals surface area contributed by atoms with Gasteiger partial charge in [0.2, 0.25) is 0 Å². The zero-order valence-corrected chi connectivity index (χ0v) is 11.1. The summed E-state index contributed by atoms with van der Waals surface area (Å²) in [6, 6.07) is 3.49. The van der Waals surface area contributed by atoms with Gasteiger partial charge in [-0.1, -0.05) is 0 Å². The quantitative estimate of drug-likeness (QED) is 0.725. The van der Waals surface area contributed by atoms with Gasteiger partial charge in [0.15, 0.2) is 0 Å². The van der Waals surface area contributed by atoms with Crippen molar-refractivity contribution in [2.24, 2.45) is 5.92 Å². The van der Waals surface area contributed by atoms with Crippen molar-refractivity contribution in [3.63, 3.8) is 0 Å². The zero-order valence-electron chi connectivity index (χ0n) is 11.1. The van der Waals surface area contributed by atoms with Gasteiger partial charge in [0, 0.05) is 31.1 Å². The number of rotatable bonds is 4. The first kappa shape index (κ1) is 13.7. The van der Waals surface area contributed by atoms with E-state index in [4.69, 9.17) is 15.6 Å². The Morgan fingerprint density at radius 2 is 2.16 bits per heavy atom. The van der Waals surface area contributed by atoms with Crippen LogP contribution in [0.3, 0.4) is 0 Å². The highest BCUT2D eigenvalue weighted by molar-refractivity contribution is 5.95. The van der Waals surface area contributed by atoms with E-state index in [0.717, 1.165) is 43.9 Å². The smallest absolute Gasteiger partial charge is 0.337 e. The summed E-state index contributed by atoms with van der Waals surface area (Å²) in [5.41, 5.74) is 7.87. The summed E-state index contributed by atoms with van der Waals surface area (Å²) in [6.45, 7) is 4.29. The van der Waals surface area contributed by atoms with Crippen LogP contribution in [-0.4, -0.2) is 30.8 Å². The molecule has 0 unspecified atom stereocenters. The van der Waals surface area contributed by atoms with E-state index in [1.807, 2.05) is 13.0 Å². The van der Waals surface area contributed by atoms with Crippen LogP contribution in [0.25, 0.3) is 0 Å². The van der Waals surface area contributed by atoms with Crippen molar-refractivity contribution < 1.29 is 14.6 Å². The standard InChI is InChI=1S/C14H20N2O3/c1-9-6-11(7-12(13(9)15)14(17)18)16-8-10-2-4-19-5-3-10/h6-7,10,16H,2-5,8,15H2,1H3,(H,17,18). The van der Waals surface area contributed by atoms with E-state index in [-0.39, 0.29) is 5.56 Å². The molecule has 0 bridgehead atoms. The Balaban J connectivity index is 2.05. The van der Waals surface area contributed by atoms with Gasteiger partial charge in [-0.2, -0.15) is 0 Å². The molecule has 1 saturated heterocycles. The first-order valence-corrected chi connectivity index (χ1v) is 6.53. The number of hydrogen-bond acceptors (Lipinski definition) is 4. The Bertz CT molecular complexity index is 468. The van der Waals surface area contributed by atoms with Crippen molar-refractivity contribution >= 4 is 17.3 Å². The minimum Gasteiger partial charge on any atom is -0.478 e. The molecule has 1 aliphatic rings. The molecule has 0 atom stereocenters. The molecule has 0 radical (unpaired) electrons. The summed E-state index contributed by atoms with van der Waals surface area (Å²) in [5, 5.41) is 12.4. The molecule has 1 fully saturated rings. The number of carbonyl (C=O) groups is 1. The van der Waals surface area contributed by atoms with Crippen molar-refractivity contribution in [3.8, 4) is 0 Å². The molecular formula is C14H20N2O3. The van der Waals surface area contributed by atoms with Crippen LogP contribution >= 0.6 is 0 Å². The van der Waals surface area contributed by atoms with Crippen molar-refractivity contribution in [3.05, 3.63) is 23.3 Å². The highest BCUT2D eigenvalue weighted by Crippen LogP contribution is 2.24. The van der Waals surface area contributed by atoms with Gasteiger partial charge in [-0.25, -0.2) is 4.79 Å². The summed E-state index contributed by atoms with van der Waals surface area (Å²) in [5.74, 6) is -0.407. The number of anilines is 2. The number of nitrogen functional groups attached to an aromatic ring is 1. The van der Waals surface area contributed by atoms with Gasteiger partial charge in [-0.05, 0) is 43.4 Å². The van der Waals surface area contributed by atoms with E-state index in [2.05, 4.69) is 5.32 Å². The third-order valence-corrected chi connectivity index (χ3v) is 3.55. The predicted molar refractivity (Wildman–Crippen MR) is 74.6 cm³/mol. The van der Waals surface area contributed by atoms with Crippen molar-refractivity contribution in [2.45, 2.75) is 19.8 Å². The van der Waals surface area contributed by atoms with E-state index >= 15 is 0 Å². The average molecular weight is 264 g/mol. The minimum absolute atomic E-state index is 0.162. The van der Waals surface area contributed by atoms with Crippen LogP contribution in [0.1, 0.15) is 28.8 Å². The number of aromatic carboxylic acids is 1. The fourth-order valence-electron chi connectivity index (χ4n) is 2.29. The molecule has 0 saturated carbocycles. The first-order valence-electron chi connectivity index (χ1n) is 6.53. The third-order valence-electron chi connectivity index (χ3n) is 3.55. The highest BCUT2D eigenvalue weighted by atomic mass is 16.5. The summed E-state index contributed by atoms with van der Waals surface area (Å²) in [6.07, 6.45) is 2.10. The van der Waals surface area contributed by atoms with Crippen LogP contribution < -0.4 is 11.1 Å². The van der Waals surface area contributed by atoms with Gasteiger partial charge in [0.25, 0.3) is 0 Å². The van der Waals surface area contributed by atoms with E-state index in [1.54, 1.807) is 6.07 Å². The lowest BCUT2D eigenvalue weighted by Gasteiger charge is -2.23. The minimum atomic E-state index is -0.990. The van der Waals surface area contributed by atoms with Crippen LogP contribution in [0.15, 0.2) is 12.1 Å². The first-order chi connectivity index (χ1) is 9.08. The molecule has 5 heteroatoms. The molecular weight excluding hydrogens is 244 g/mol. The van der Waals surface area contributed by atoms with Crippen LogP contribution in [0.4, 0.5) is 11.4 Å². The molecule has 5 nitrogen and oxygen atoms in total. The monoisotopic (exact) mass is 264 g/mol. The lowest BCUT2D eigenvalue weighted by Crippen LogP contribution is -2.22. The molecule has 1 heterocycles. The second kappa shape index (κ2) is 5.93.